The van der Waals surface area contributed by atoms with Gasteiger partial charge in [-0.25, -0.2) is 4.39 Å². The number of aromatic amines is 1. The first-order chi connectivity index (χ1) is 8.16. The van der Waals surface area contributed by atoms with Crippen molar-refractivity contribution in [1.82, 2.24) is 10.2 Å². The molecular weight excluding hydrogens is 283 g/mol. The molecule has 3 rings (SSSR count). The Labute approximate surface area is 107 Å². The monoisotopic (exact) mass is 294 g/mol. The summed E-state index contributed by atoms with van der Waals surface area (Å²) in [5, 5.41) is 7.25. The molecule has 1 saturated carbocycles. The van der Waals surface area contributed by atoms with Gasteiger partial charge in [0, 0.05) is 11.5 Å². The molecular formula is C13H12BrFN2. The third-order valence-corrected chi connectivity index (χ3v) is 3.90. The fourth-order valence-electron chi connectivity index (χ4n) is 1.98. The van der Waals surface area contributed by atoms with Crippen LogP contribution in [0.2, 0.25) is 0 Å². The molecule has 0 bridgehead atoms. The number of halogens is 2. The summed E-state index contributed by atoms with van der Waals surface area (Å²) in [5.41, 5.74) is 3.36. The van der Waals surface area contributed by atoms with Crippen molar-refractivity contribution in [2.45, 2.75) is 25.7 Å². The highest BCUT2D eigenvalue weighted by atomic mass is 79.9. The third-order valence-electron chi connectivity index (χ3n) is 3.10. The van der Waals surface area contributed by atoms with Crippen molar-refractivity contribution in [2.24, 2.45) is 0 Å². The van der Waals surface area contributed by atoms with E-state index in [2.05, 4.69) is 26.1 Å². The van der Waals surface area contributed by atoms with Crippen LogP contribution in [0.1, 0.15) is 30.0 Å². The second-order valence-electron chi connectivity index (χ2n) is 4.56. The molecule has 0 atom stereocenters. The van der Waals surface area contributed by atoms with Crippen LogP contribution in [0.15, 0.2) is 22.7 Å². The van der Waals surface area contributed by atoms with Crippen molar-refractivity contribution in [3.63, 3.8) is 0 Å². The normalized spacial score (nSPS) is 15.2. The van der Waals surface area contributed by atoms with E-state index in [1.54, 1.807) is 6.07 Å². The van der Waals surface area contributed by atoms with Gasteiger partial charge in [0.1, 0.15) is 11.5 Å². The number of rotatable bonds is 2. The predicted octanol–water partition coefficient (Wildman–Crippen LogP) is 4.16. The standard InChI is InChI=1S/C13H12BrFN2/c1-7-2-5-10(15)9(6-7)13-11(14)12(16-17-13)8-3-4-8/h2,5-6,8H,3-4H2,1H3,(H,16,17). The molecule has 1 fully saturated rings. The van der Waals surface area contributed by atoms with E-state index in [0.29, 0.717) is 17.2 Å². The van der Waals surface area contributed by atoms with E-state index >= 15 is 0 Å². The average molecular weight is 295 g/mol. The van der Waals surface area contributed by atoms with Gasteiger partial charge in [-0.1, -0.05) is 11.6 Å². The number of hydrogen-bond acceptors (Lipinski definition) is 1. The SMILES string of the molecule is Cc1ccc(F)c(-c2n[nH]c(C3CC3)c2Br)c1. The molecule has 0 spiro atoms. The van der Waals surface area contributed by atoms with Crippen molar-refractivity contribution in [1.29, 1.82) is 0 Å². The highest BCUT2D eigenvalue weighted by Crippen LogP contribution is 2.44. The van der Waals surface area contributed by atoms with Crippen LogP contribution in [0.25, 0.3) is 11.3 Å². The molecule has 1 aliphatic carbocycles. The molecule has 4 heteroatoms. The van der Waals surface area contributed by atoms with Crippen LogP contribution in [0.5, 0.6) is 0 Å². The van der Waals surface area contributed by atoms with Crippen molar-refractivity contribution >= 4 is 15.9 Å². The molecule has 1 aromatic carbocycles. The van der Waals surface area contributed by atoms with E-state index < -0.39 is 0 Å². The van der Waals surface area contributed by atoms with Crippen LogP contribution >= 0.6 is 15.9 Å². The largest absolute Gasteiger partial charge is 0.280 e. The molecule has 0 aliphatic heterocycles. The van der Waals surface area contributed by atoms with Crippen LogP contribution in [0.4, 0.5) is 4.39 Å². The number of aromatic nitrogens is 2. The van der Waals surface area contributed by atoms with Gasteiger partial charge < -0.3 is 0 Å². The van der Waals surface area contributed by atoms with Gasteiger partial charge >= 0.3 is 0 Å². The average Bonchev–Trinajstić information content (AvgIpc) is 3.07. The Morgan fingerprint density at radius 2 is 2.18 bits per heavy atom. The number of nitrogens with zero attached hydrogens (tertiary/aromatic N) is 1. The van der Waals surface area contributed by atoms with Crippen LogP contribution < -0.4 is 0 Å². The van der Waals surface area contributed by atoms with E-state index in [1.165, 1.54) is 18.9 Å². The van der Waals surface area contributed by atoms with Gasteiger partial charge in [0.2, 0.25) is 0 Å². The fraction of sp³-hybridized carbons (Fsp3) is 0.308. The first kappa shape index (κ1) is 11.0. The van der Waals surface area contributed by atoms with Crippen molar-refractivity contribution < 1.29 is 4.39 Å². The van der Waals surface area contributed by atoms with Crippen LogP contribution in [-0.4, -0.2) is 10.2 Å². The topological polar surface area (TPSA) is 28.7 Å². The predicted molar refractivity (Wildman–Crippen MR) is 68.4 cm³/mol. The Balaban J connectivity index is 2.11. The number of benzene rings is 1. The lowest BCUT2D eigenvalue weighted by Gasteiger charge is -2.02. The van der Waals surface area contributed by atoms with Gasteiger partial charge in [0.25, 0.3) is 0 Å². The Kier molecular flexibility index (Phi) is 2.54. The Morgan fingerprint density at radius 3 is 2.88 bits per heavy atom. The van der Waals surface area contributed by atoms with Gasteiger partial charge in [-0.15, -0.1) is 0 Å². The highest BCUT2D eigenvalue weighted by Gasteiger charge is 2.29. The maximum Gasteiger partial charge on any atom is 0.132 e. The molecule has 1 heterocycles. The molecule has 0 saturated heterocycles. The summed E-state index contributed by atoms with van der Waals surface area (Å²) in [6, 6.07) is 5.08. The second kappa shape index (κ2) is 3.95. The minimum atomic E-state index is -0.231. The second-order valence-corrected chi connectivity index (χ2v) is 5.35. The molecule has 0 amide bonds. The van der Waals surface area contributed by atoms with Crippen LogP contribution in [-0.2, 0) is 0 Å². The Hall–Kier alpha value is -1.16. The summed E-state index contributed by atoms with van der Waals surface area (Å²) >= 11 is 3.53. The molecule has 88 valence electrons. The van der Waals surface area contributed by atoms with E-state index in [1.807, 2.05) is 13.0 Å². The number of H-pyrrole nitrogens is 1. The summed E-state index contributed by atoms with van der Waals surface area (Å²) in [6.07, 6.45) is 2.38. The molecule has 2 nitrogen and oxygen atoms in total. The van der Waals surface area contributed by atoms with Gasteiger partial charge in [-0.3, -0.25) is 5.10 Å². The molecule has 1 aromatic heterocycles. The number of nitrogens with one attached hydrogen (secondary N) is 1. The van der Waals surface area contributed by atoms with E-state index in [-0.39, 0.29) is 5.82 Å². The van der Waals surface area contributed by atoms with E-state index in [0.717, 1.165) is 15.7 Å². The summed E-state index contributed by atoms with van der Waals surface area (Å²) in [4.78, 5) is 0. The zero-order valence-corrected chi connectivity index (χ0v) is 11.0. The van der Waals surface area contributed by atoms with Crippen LogP contribution in [0, 0.1) is 12.7 Å². The summed E-state index contributed by atoms with van der Waals surface area (Å²) in [7, 11) is 0. The summed E-state index contributed by atoms with van der Waals surface area (Å²) < 4.78 is 14.7. The zero-order chi connectivity index (χ0) is 12.0. The zero-order valence-electron chi connectivity index (χ0n) is 9.43. The molecule has 17 heavy (non-hydrogen) atoms. The van der Waals surface area contributed by atoms with E-state index in [4.69, 9.17) is 0 Å². The van der Waals surface area contributed by atoms with Gasteiger partial charge in [-0.2, -0.15) is 5.10 Å². The summed E-state index contributed by atoms with van der Waals surface area (Å²) in [5.74, 6) is 0.337. The number of aryl methyl sites for hydroxylation is 1. The Bertz CT molecular complexity index is 573. The summed E-state index contributed by atoms with van der Waals surface area (Å²) in [6.45, 7) is 1.95. The molecule has 2 aromatic rings. The maximum atomic E-state index is 13.8. The molecule has 0 radical (unpaired) electrons. The van der Waals surface area contributed by atoms with Crippen molar-refractivity contribution in [3.8, 4) is 11.3 Å². The number of hydrogen-bond donors (Lipinski definition) is 1. The van der Waals surface area contributed by atoms with Crippen molar-refractivity contribution in [3.05, 3.63) is 39.7 Å². The lowest BCUT2D eigenvalue weighted by atomic mass is 10.1. The van der Waals surface area contributed by atoms with Gasteiger partial charge in [0.05, 0.1) is 10.2 Å². The molecule has 0 unspecified atom stereocenters. The molecule has 1 aliphatic rings. The van der Waals surface area contributed by atoms with Crippen LogP contribution in [0.3, 0.4) is 0 Å². The fourth-order valence-corrected chi connectivity index (χ4v) is 2.70. The lowest BCUT2D eigenvalue weighted by Crippen LogP contribution is -1.87. The van der Waals surface area contributed by atoms with Gasteiger partial charge in [0.15, 0.2) is 0 Å². The first-order valence-electron chi connectivity index (χ1n) is 5.67. The third kappa shape index (κ3) is 1.90. The smallest absolute Gasteiger partial charge is 0.132 e. The minimum Gasteiger partial charge on any atom is -0.280 e. The quantitative estimate of drug-likeness (QED) is 0.885. The van der Waals surface area contributed by atoms with E-state index in [9.17, 15) is 4.39 Å². The lowest BCUT2D eigenvalue weighted by molar-refractivity contribution is 0.630. The Morgan fingerprint density at radius 1 is 1.41 bits per heavy atom. The highest BCUT2D eigenvalue weighted by molar-refractivity contribution is 9.10. The first-order valence-corrected chi connectivity index (χ1v) is 6.46. The minimum absolute atomic E-state index is 0.231. The molecule has 1 N–H and O–H groups in total. The van der Waals surface area contributed by atoms with Gasteiger partial charge in [-0.05, 0) is 47.8 Å². The van der Waals surface area contributed by atoms with Crippen molar-refractivity contribution in [2.75, 3.05) is 0 Å². The maximum absolute atomic E-state index is 13.8.